The van der Waals surface area contributed by atoms with Gasteiger partial charge in [0.15, 0.2) is 0 Å². The summed E-state index contributed by atoms with van der Waals surface area (Å²) in [5.41, 5.74) is 1.84. The lowest BCUT2D eigenvalue weighted by Crippen LogP contribution is -2.32. The van der Waals surface area contributed by atoms with Gasteiger partial charge in [-0.15, -0.1) is 0 Å². The quantitative estimate of drug-likeness (QED) is 0.416. The maximum Gasteiger partial charge on any atom is 0.323 e. The Morgan fingerprint density at radius 2 is 1.76 bits per heavy atom. The number of amides is 1. The third-order valence-corrected chi connectivity index (χ3v) is 7.51. The predicted molar refractivity (Wildman–Crippen MR) is 126 cm³/mol. The zero-order valence-corrected chi connectivity index (χ0v) is 19.1. The van der Waals surface area contributed by atoms with Crippen LogP contribution in [0.3, 0.4) is 0 Å². The number of anilines is 2. The molecule has 4 N–H and O–H groups in total. The van der Waals surface area contributed by atoms with E-state index < -0.39 is 10.0 Å². The fourth-order valence-corrected chi connectivity index (χ4v) is 5.45. The Labute approximate surface area is 191 Å². The van der Waals surface area contributed by atoms with Gasteiger partial charge >= 0.3 is 5.69 Å². The van der Waals surface area contributed by atoms with Gasteiger partial charge in [-0.25, -0.2) is 13.2 Å². The van der Waals surface area contributed by atoms with Gasteiger partial charge in [-0.3, -0.25) is 4.79 Å². The molecule has 3 aromatic rings. The maximum absolute atomic E-state index is 13.1. The highest BCUT2D eigenvalue weighted by atomic mass is 32.2. The monoisotopic (exact) mass is 473 g/mol. The van der Waals surface area contributed by atoms with Crippen molar-refractivity contribution in [3.05, 3.63) is 46.9 Å². The lowest BCUT2D eigenvalue weighted by atomic mass is 10.2. The van der Waals surface area contributed by atoms with Crippen LogP contribution in [0.1, 0.15) is 25.7 Å². The minimum Gasteiger partial charge on any atom is -0.495 e. The third-order valence-electron chi connectivity index (χ3n) is 5.61. The second kappa shape index (κ2) is 9.67. The average molecular weight is 474 g/mol. The smallest absolute Gasteiger partial charge is 0.323 e. The molecule has 1 aromatic heterocycles. The molecule has 2 aromatic carbocycles. The number of sulfonamides is 1. The van der Waals surface area contributed by atoms with Crippen molar-refractivity contribution < 1.29 is 17.9 Å². The van der Waals surface area contributed by atoms with Crippen LogP contribution >= 0.6 is 0 Å². The summed E-state index contributed by atoms with van der Waals surface area (Å²) in [5, 5.41) is 5.72. The lowest BCUT2D eigenvalue weighted by Gasteiger charge is -2.21. The number of hydrogen-bond donors (Lipinski definition) is 4. The zero-order valence-electron chi connectivity index (χ0n) is 18.3. The van der Waals surface area contributed by atoms with Gasteiger partial charge in [-0.05, 0) is 49.2 Å². The Morgan fingerprint density at radius 3 is 2.48 bits per heavy atom. The average Bonchev–Trinajstić information content (AvgIpc) is 2.98. The molecule has 0 atom stereocenters. The molecule has 0 bridgehead atoms. The van der Waals surface area contributed by atoms with Crippen molar-refractivity contribution in [2.45, 2.75) is 30.6 Å². The number of hydrogen-bond acceptors (Lipinski definition) is 6. The van der Waals surface area contributed by atoms with E-state index in [1.165, 1.54) is 23.5 Å². The van der Waals surface area contributed by atoms with Crippen LogP contribution in [0.15, 0.2) is 46.1 Å². The third kappa shape index (κ3) is 5.20. The van der Waals surface area contributed by atoms with Crippen molar-refractivity contribution in [3.8, 4) is 5.75 Å². The van der Waals surface area contributed by atoms with Gasteiger partial charge in [0.05, 0.1) is 35.3 Å². The van der Waals surface area contributed by atoms with Crippen molar-refractivity contribution in [2.24, 2.45) is 0 Å². The molecular weight excluding hydrogens is 446 g/mol. The van der Waals surface area contributed by atoms with E-state index in [2.05, 4.69) is 20.6 Å². The molecule has 11 heteroatoms. The second-order valence-corrected chi connectivity index (χ2v) is 9.86. The molecule has 176 valence electrons. The Balaban J connectivity index is 1.47. The Kier molecular flexibility index (Phi) is 6.70. The van der Waals surface area contributed by atoms with Gasteiger partial charge in [0.1, 0.15) is 5.75 Å². The highest BCUT2D eigenvalue weighted by Gasteiger charge is 2.26. The first kappa shape index (κ1) is 22.9. The number of imidazole rings is 1. The zero-order chi connectivity index (χ0) is 23.4. The van der Waals surface area contributed by atoms with Crippen molar-refractivity contribution >= 4 is 38.3 Å². The van der Waals surface area contributed by atoms with E-state index in [4.69, 9.17) is 4.74 Å². The summed E-state index contributed by atoms with van der Waals surface area (Å²) in [6.45, 7) is 0.915. The van der Waals surface area contributed by atoms with Crippen molar-refractivity contribution in [1.29, 1.82) is 0 Å². The molecule has 33 heavy (non-hydrogen) atoms. The number of ether oxygens (including phenoxy) is 1. The molecule has 4 rings (SSSR count). The molecule has 1 aliphatic rings. The van der Waals surface area contributed by atoms with Gasteiger partial charge in [0.2, 0.25) is 15.9 Å². The molecule has 1 fully saturated rings. The predicted octanol–water partition coefficient (Wildman–Crippen LogP) is 2.48. The Morgan fingerprint density at radius 1 is 1.03 bits per heavy atom. The number of methoxy groups -OCH3 is 1. The maximum atomic E-state index is 13.1. The minimum atomic E-state index is -3.63. The normalized spacial score (nSPS) is 15.2. The molecule has 0 spiro atoms. The Bertz CT molecular complexity index is 1310. The van der Waals surface area contributed by atoms with Crippen LogP contribution in [0.25, 0.3) is 11.0 Å². The summed E-state index contributed by atoms with van der Waals surface area (Å²) in [6, 6.07) is 9.64. The standard InChI is InChI=1S/C22H27N5O5S/c1-32-20-9-7-16(33(30,31)27-10-4-2-3-5-11-27)13-19(20)23-14-21(28)24-15-6-8-17-18(12-15)26-22(29)25-17/h6-9,12-13,23H,2-5,10-11,14H2,1H3,(H,24,28)(H2,25,26,29). The Hall–Kier alpha value is -3.31. The molecule has 1 aliphatic heterocycles. The van der Waals surface area contributed by atoms with E-state index >= 15 is 0 Å². The first-order chi connectivity index (χ1) is 15.9. The van der Waals surface area contributed by atoms with Crippen LogP contribution in [0.2, 0.25) is 0 Å². The van der Waals surface area contributed by atoms with E-state index in [9.17, 15) is 18.0 Å². The fourth-order valence-electron chi connectivity index (χ4n) is 3.91. The number of nitrogens with zero attached hydrogens (tertiary/aromatic N) is 1. The van der Waals surface area contributed by atoms with Crippen LogP contribution in [0, 0.1) is 0 Å². The minimum absolute atomic E-state index is 0.106. The molecule has 1 saturated heterocycles. The molecular formula is C22H27N5O5S. The fraction of sp³-hybridized carbons (Fsp3) is 0.364. The number of fused-ring (bicyclic) bond motifs is 1. The number of nitrogens with one attached hydrogen (secondary N) is 4. The molecule has 2 heterocycles. The van der Waals surface area contributed by atoms with Crippen molar-refractivity contribution in [2.75, 3.05) is 37.4 Å². The van der Waals surface area contributed by atoms with Gasteiger partial charge in [0, 0.05) is 18.8 Å². The van der Waals surface area contributed by atoms with E-state index in [0.29, 0.717) is 41.2 Å². The van der Waals surface area contributed by atoms with E-state index in [1.54, 1.807) is 24.3 Å². The number of aromatic nitrogens is 2. The van der Waals surface area contributed by atoms with Crippen LogP contribution in [0.4, 0.5) is 11.4 Å². The van der Waals surface area contributed by atoms with E-state index in [1.807, 2.05) is 0 Å². The number of aromatic amines is 2. The largest absolute Gasteiger partial charge is 0.495 e. The van der Waals surface area contributed by atoms with Gasteiger partial charge in [-0.2, -0.15) is 4.31 Å². The lowest BCUT2D eigenvalue weighted by molar-refractivity contribution is -0.114. The molecule has 0 aliphatic carbocycles. The van der Waals surface area contributed by atoms with Crippen LogP contribution < -0.4 is 21.1 Å². The molecule has 0 saturated carbocycles. The van der Waals surface area contributed by atoms with E-state index in [0.717, 1.165) is 25.7 Å². The summed E-state index contributed by atoms with van der Waals surface area (Å²) in [6.07, 6.45) is 3.76. The van der Waals surface area contributed by atoms with Gasteiger partial charge in [-0.1, -0.05) is 12.8 Å². The molecule has 1 amide bonds. The van der Waals surface area contributed by atoms with Crippen LogP contribution in [-0.2, 0) is 14.8 Å². The number of H-pyrrole nitrogens is 2. The van der Waals surface area contributed by atoms with Crippen molar-refractivity contribution in [1.82, 2.24) is 14.3 Å². The first-order valence-electron chi connectivity index (χ1n) is 10.8. The molecule has 0 radical (unpaired) electrons. The SMILES string of the molecule is COc1ccc(S(=O)(=O)N2CCCCCC2)cc1NCC(=O)Nc1ccc2[nH]c(=O)[nH]c2c1. The number of rotatable bonds is 7. The molecule has 0 unspecified atom stereocenters. The van der Waals surface area contributed by atoms with Gasteiger partial charge < -0.3 is 25.3 Å². The molecule has 10 nitrogen and oxygen atoms in total. The summed E-state index contributed by atoms with van der Waals surface area (Å²) >= 11 is 0. The summed E-state index contributed by atoms with van der Waals surface area (Å²) in [5.74, 6) is 0.0963. The highest BCUT2D eigenvalue weighted by Crippen LogP contribution is 2.29. The number of benzene rings is 2. The summed E-state index contributed by atoms with van der Waals surface area (Å²) in [7, 11) is -2.15. The second-order valence-electron chi connectivity index (χ2n) is 7.92. The van der Waals surface area contributed by atoms with Crippen LogP contribution in [0.5, 0.6) is 5.75 Å². The number of carbonyl (C=O) groups excluding carboxylic acids is 1. The van der Waals surface area contributed by atoms with Crippen molar-refractivity contribution in [3.63, 3.8) is 0 Å². The summed E-state index contributed by atoms with van der Waals surface area (Å²) < 4.78 is 33.1. The van der Waals surface area contributed by atoms with E-state index in [-0.39, 0.29) is 23.0 Å². The summed E-state index contributed by atoms with van der Waals surface area (Å²) in [4.78, 5) is 29.3. The number of carbonyl (C=O) groups is 1. The highest BCUT2D eigenvalue weighted by molar-refractivity contribution is 7.89. The topological polar surface area (TPSA) is 136 Å². The van der Waals surface area contributed by atoms with Gasteiger partial charge in [0.25, 0.3) is 0 Å². The first-order valence-corrected chi connectivity index (χ1v) is 12.2. The van der Waals surface area contributed by atoms with Crippen LogP contribution in [-0.4, -0.2) is 55.3 Å².